The second-order valence-electron chi connectivity index (χ2n) is 8.82. The zero-order valence-corrected chi connectivity index (χ0v) is 20.0. The molecule has 0 aliphatic heterocycles. The molecule has 2 aromatic heterocycles. The molecule has 0 atom stereocenters. The van der Waals surface area contributed by atoms with Gasteiger partial charge in [-0.25, -0.2) is 4.98 Å². The number of thiophene rings is 1. The second kappa shape index (κ2) is 10.1. The van der Waals surface area contributed by atoms with E-state index in [-0.39, 0.29) is 11.4 Å². The van der Waals surface area contributed by atoms with Gasteiger partial charge in [-0.2, -0.15) is 0 Å². The number of nitrogens with one attached hydrogen (secondary N) is 2. The average Bonchev–Trinajstić information content (AvgIpc) is 3.06. The molecule has 7 heteroatoms. The van der Waals surface area contributed by atoms with E-state index in [4.69, 9.17) is 0 Å². The minimum absolute atomic E-state index is 0.0757. The summed E-state index contributed by atoms with van der Waals surface area (Å²) < 4.78 is 1.24. The van der Waals surface area contributed by atoms with E-state index in [0.717, 1.165) is 11.1 Å². The van der Waals surface area contributed by atoms with Crippen LogP contribution in [0.5, 0.6) is 0 Å². The molecule has 0 aliphatic rings. The zero-order valence-electron chi connectivity index (χ0n) is 19.2. The fourth-order valence-electron chi connectivity index (χ4n) is 3.26. The predicted octanol–water partition coefficient (Wildman–Crippen LogP) is 4.73. The van der Waals surface area contributed by atoms with Crippen LogP contribution in [0.3, 0.4) is 0 Å². The Bertz CT molecular complexity index is 1140. The Hall–Kier alpha value is -3.03. The molecule has 0 aliphatic carbocycles. The van der Waals surface area contributed by atoms with Crippen LogP contribution >= 0.6 is 11.3 Å². The van der Waals surface area contributed by atoms with Crippen molar-refractivity contribution in [3.05, 3.63) is 64.2 Å². The topological polar surface area (TPSA) is 74.3 Å². The minimum Gasteiger partial charge on any atom is -0.337 e. The number of hydrogen-bond acceptors (Lipinski definition) is 5. The van der Waals surface area contributed by atoms with Gasteiger partial charge in [-0.1, -0.05) is 18.2 Å². The zero-order chi connectivity index (χ0) is 23.3. The molecule has 0 bridgehead atoms. The van der Waals surface area contributed by atoms with Crippen LogP contribution in [0.15, 0.2) is 42.6 Å². The number of rotatable bonds is 8. The largest absolute Gasteiger partial charge is 0.337 e. The van der Waals surface area contributed by atoms with E-state index in [1.807, 2.05) is 25.2 Å². The van der Waals surface area contributed by atoms with Gasteiger partial charge >= 0.3 is 0 Å². The number of fused-ring (bicyclic) bond motifs is 1. The fraction of sp³-hybridized carbons (Fsp3) is 0.320. The summed E-state index contributed by atoms with van der Waals surface area (Å²) in [6.07, 6.45) is 5.58. The Balaban J connectivity index is 1.71. The van der Waals surface area contributed by atoms with Crippen LogP contribution in [-0.2, 0) is 22.7 Å². The number of nitrogens with zero attached hydrogens (tertiary/aromatic N) is 2. The molecule has 0 saturated carbocycles. The third-order valence-corrected chi connectivity index (χ3v) is 6.37. The Morgan fingerprint density at radius 2 is 2.00 bits per heavy atom. The summed E-state index contributed by atoms with van der Waals surface area (Å²) in [5.74, 6) is 0.434. The van der Waals surface area contributed by atoms with Crippen molar-refractivity contribution in [2.75, 3.05) is 12.4 Å². The van der Waals surface area contributed by atoms with Crippen LogP contribution in [0, 0.1) is 6.92 Å². The lowest BCUT2D eigenvalue weighted by Crippen LogP contribution is -2.35. The fourth-order valence-corrected chi connectivity index (χ4v) is 4.53. The smallest absolute Gasteiger partial charge is 0.246 e. The van der Waals surface area contributed by atoms with E-state index >= 15 is 0 Å². The number of likely N-dealkylation sites (N-methyl/N-ethyl adjacent to an activating group) is 1. The van der Waals surface area contributed by atoms with Crippen molar-refractivity contribution in [1.29, 1.82) is 0 Å². The van der Waals surface area contributed by atoms with Crippen LogP contribution in [0.25, 0.3) is 16.2 Å². The molecule has 3 aromatic rings. The summed E-state index contributed by atoms with van der Waals surface area (Å²) in [5.41, 5.74) is 2.81. The summed E-state index contributed by atoms with van der Waals surface area (Å²) in [6.45, 7) is 9.44. The van der Waals surface area contributed by atoms with Crippen LogP contribution in [0.4, 0.5) is 5.82 Å². The van der Waals surface area contributed by atoms with Crippen molar-refractivity contribution >= 4 is 45.6 Å². The van der Waals surface area contributed by atoms with Crippen molar-refractivity contribution in [3.63, 3.8) is 0 Å². The highest BCUT2D eigenvalue weighted by atomic mass is 32.1. The summed E-state index contributed by atoms with van der Waals surface area (Å²) in [5, 5.41) is 7.28. The first-order valence-electron chi connectivity index (χ1n) is 10.5. The molecule has 0 saturated heterocycles. The number of pyridine rings is 1. The molecule has 1 aromatic carbocycles. The molecule has 0 fully saturated rings. The lowest BCUT2D eigenvalue weighted by Gasteiger charge is -2.21. The van der Waals surface area contributed by atoms with Gasteiger partial charge < -0.3 is 15.5 Å². The highest BCUT2D eigenvalue weighted by Gasteiger charge is 2.14. The lowest BCUT2D eigenvalue weighted by molar-refractivity contribution is -0.125. The normalized spacial score (nSPS) is 11.8. The Morgan fingerprint density at radius 3 is 2.69 bits per heavy atom. The van der Waals surface area contributed by atoms with Crippen LogP contribution in [0.1, 0.15) is 42.3 Å². The molecule has 6 nitrogen and oxygen atoms in total. The van der Waals surface area contributed by atoms with E-state index < -0.39 is 0 Å². The van der Waals surface area contributed by atoms with E-state index in [0.29, 0.717) is 25.3 Å². The maximum atomic E-state index is 12.7. The van der Waals surface area contributed by atoms with E-state index in [2.05, 4.69) is 55.4 Å². The SMILES string of the molecule is Cc1c(CN(C)C(=O)/C=C/c2cnc(NC=O)c(CNC(C)(C)C)c2)sc2ccccc12. The second-order valence-corrected chi connectivity index (χ2v) is 9.95. The van der Waals surface area contributed by atoms with Crippen molar-refractivity contribution in [2.24, 2.45) is 0 Å². The first-order chi connectivity index (χ1) is 15.2. The third-order valence-electron chi connectivity index (χ3n) is 5.11. The van der Waals surface area contributed by atoms with E-state index in [1.165, 1.54) is 20.5 Å². The average molecular weight is 451 g/mol. The quantitative estimate of drug-likeness (QED) is 0.384. The Kier molecular flexibility index (Phi) is 7.43. The van der Waals surface area contributed by atoms with Gasteiger partial charge in [0.1, 0.15) is 5.82 Å². The number of aromatic nitrogens is 1. The maximum Gasteiger partial charge on any atom is 0.246 e. The molecular formula is C25H30N4O2S. The van der Waals surface area contributed by atoms with Crippen molar-refractivity contribution in [3.8, 4) is 0 Å². The molecule has 168 valence electrons. The van der Waals surface area contributed by atoms with E-state index in [1.54, 1.807) is 34.6 Å². The summed E-state index contributed by atoms with van der Waals surface area (Å²) >= 11 is 1.73. The van der Waals surface area contributed by atoms with Gasteiger partial charge in [-0.3, -0.25) is 9.59 Å². The number of carbonyl (C=O) groups is 2. The number of aryl methyl sites for hydroxylation is 1. The minimum atomic E-state index is -0.0775. The lowest BCUT2D eigenvalue weighted by atomic mass is 10.1. The monoisotopic (exact) mass is 450 g/mol. The highest BCUT2D eigenvalue weighted by molar-refractivity contribution is 7.19. The number of hydrogen-bond donors (Lipinski definition) is 2. The van der Waals surface area contributed by atoms with Gasteiger partial charge in [0.05, 0.1) is 6.54 Å². The number of carbonyl (C=O) groups excluding carboxylic acids is 2. The van der Waals surface area contributed by atoms with Crippen LogP contribution in [0.2, 0.25) is 0 Å². The molecular weight excluding hydrogens is 420 g/mol. The molecule has 2 N–H and O–H groups in total. The molecule has 3 rings (SSSR count). The predicted molar refractivity (Wildman–Crippen MR) is 133 cm³/mol. The van der Waals surface area contributed by atoms with Gasteiger partial charge in [-0.05, 0) is 62.4 Å². The number of amides is 2. The van der Waals surface area contributed by atoms with Crippen molar-refractivity contribution < 1.29 is 9.59 Å². The highest BCUT2D eigenvalue weighted by Crippen LogP contribution is 2.31. The molecule has 2 heterocycles. The van der Waals surface area contributed by atoms with Crippen molar-refractivity contribution in [2.45, 2.75) is 46.3 Å². The Labute approximate surface area is 193 Å². The molecule has 0 unspecified atom stereocenters. The summed E-state index contributed by atoms with van der Waals surface area (Å²) in [4.78, 5) is 30.9. The Morgan fingerprint density at radius 1 is 1.25 bits per heavy atom. The molecule has 2 amide bonds. The molecule has 32 heavy (non-hydrogen) atoms. The van der Waals surface area contributed by atoms with Gasteiger partial charge in [0.15, 0.2) is 0 Å². The standard InChI is InChI=1S/C25H30N4O2S/c1-17-20-8-6-7-9-21(20)32-22(17)15-29(5)23(31)11-10-18-12-19(14-28-25(2,3)4)24(26-13-18)27-16-30/h6-13,16,28H,14-15H2,1-5H3,(H,26,27,30)/b11-10+. The number of benzene rings is 1. The van der Waals surface area contributed by atoms with Crippen LogP contribution in [-0.4, -0.2) is 34.8 Å². The first kappa shape index (κ1) is 23.6. The summed E-state index contributed by atoms with van der Waals surface area (Å²) in [6, 6.07) is 10.2. The third kappa shape index (κ3) is 6.02. The van der Waals surface area contributed by atoms with Crippen LogP contribution < -0.4 is 10.6 Å². The molecule has 0 spiro atoms. The van der Waals surface area contributed by atoms with Gasteiger partial charge in [0.2, 0.25) is 12.3 Å². The molecule has 0 radical (unpaired) electrons. The first-order valence-corrected chi connectivity index (χ1v) is 11.3. The van der Waals surface area contributed by atoms with Crippen molar-refractivity contribution in [1.82, 2.24) is 15.2 Å². The van der Waals surface area contributed by atoms with Gasteiger partial charge in [-0.15, -0.1) is 11.3 Å². The van der Waals surface area contributed by atoms with E-state index in [9.17, 15) is 9.59 Å². The van der Waals surface area contributed by atoms with Gasteiger partial charge in [0, 0.05) is 46.5 Å². The van der Waals surface area contributed by atoms with Gasteiger partial charge in [0.25, 0.3) is 0 Å². The summed E-state index contributed by atoms with van der Waals surface area (Å²) in [7, 11) is 1.81. The maximum absolute atomic E-state index is 12.7. The number of anilines is 1.